The molecule has 0 unspecified atom stereocenters. The summed E-state index contributed by atoms with van der Waals surface area (Å²) < 4.78 is 6.88. The zero-order valence-corrected chi connectivity index (χ0v) is 17.7. The Labute approximate surface area is 189 Å². The maximum Gasteiger partial charge on any atom is 0.411 e. The molecule has 1 aromatic heterocycles. The van der Waals surface area contributed by atoms with Crippen molar-refractivity contribution >= 4 is 23.7 Å². The Bertz CT molecular complexity index is 1260. The van der Waals surface area contributed by atoms with Crippen LogP contribution in [0.5, 0.6) is 0 Å². The van der Waals surface area contributed by atoms with Crippen molar-refractivity contribution < 1.29 is 24.2 Å². The van der Waals surface area contributed by atoms with Crippen LogP contribution < -0.4 is 10.6 Å². The molecule has 0 radical (unpaired) electrons. The highest BCUT2D eigenvalue weighted by Gasteiger charge is 2.29. The molecule has 2 amide bonds. The quantitative estimate of drug-likeness (QED) is 0.520. The fourth-order valence-corrected chi connectivity index (χ4v) is 3.82. The Morgan fingerprint density at radius 2 is 1.73 bits per heavy atom. The van der Waals surface area contributed by atoms with Gasteiger partial charge in [0.15, 0.2) is 5.69 Å². The number of carboxylic acid groups (broad SMARTS) is 1. The third-order valence-electron chi connectivity index (χ3n) is 5.16. The van der Waals surface area contributed by atoms with Crippen LogP contribution in [0.4, 0.5) is 10.5 Å². The molecule has 0 atom stereocenters. The third kappa shape index (κ3) is 4.70. The van der Waals surface area contributed by atoms with Crippen LogP contribution in [0.2, 0.25) is 0 Å². The highest BCUT2D eigenvalue weighted by atomic mass is 16.5. The summed E-state index contributed by atoms with van der Waals surface area (Å²) in [5.41, 5.74) is 4.56. The summed E-state index contributed by atoms with van der Waals surface area (Å²) in [6.45, 7) is -0.0431. The van der Waals surface area contributed by atoms with Crippen molar-refractivity contribution in [1.82, 2.24) is 15.1 Å². The van der Waals surface area contributed by atoms with Crippen molar-refractivity contribution in [3.8, 4) is 23.0 Å². The molecule has 0 saturated carbocycles. The lowest BCUT2D eigenvalue weighted by molar-refractivity contribution is -0.130. The minimum Gasteiger partial charge on any atom is -0.472 e. The highest BCUT2D eigenvalue weighted by Crippen LogP contribution is 2.44. The second-order valence-corrected chi connectivity index (χ2v) is 7.31. The van der Waals surface area contributed by atoms with Crippen molar-refractivity contribution in [3.63, 3.8) is 0 Å². The lowest BCUT2D eigenvalue weighted by Gasteiger charge is -2.14. The summed E-state index contributed by atoms with van der Waals surface area (Å²) in [4.78, 5) is 35.3. The average molecular weight is 444 g/mol. The summed E-state index contributed by atoms with van der Waals surface area (Å²) in [6, 6.07) is 16.0. The van der Waals surface area contributed by atoms with Gasteiger partial charge in [-0.2, -0.15) is 5.10 Å². The van der Waals surface area contributed by atoms with Gasteiger partial charge in [0.05, 0.1) is 12.2 Å². The number of nitrogens with one attached hydrogen (secondary N) is 2. The van der Waals surface area contributed by atoms with Gasteiger partial charge < -0.3 is 15.2 Å². The maximum absolute atomic E-state index is 12.5. The molecule has 0 bridgehead atoms. The van der Waals surface area contributed by atoms with Gasteiger partial charge in [0, 0.05) is 25.1 Å². The van der Waals surface area contributed by atoms with Crippen LogP contribution >= 0.6 is 0 Å². The second kappa shape index (κ2) is 9.28. The Morgan fingerprint density at radius 3 is 2.36 bits per heavy atom. The number of amides is 2. The average Bonchev–Trinajstić information content (AvgIpc) is 3.32. The van der Waals surface area contributed by atoms with E-state index in [-0.39, 0.29) is 30.5 Å². The predicted molar refractivity (Wildman–Crippen MR) is 120 cm³/mol. The molecule has 4 rings (SSSR count). The predicted octanol–water partition coefficient (Wildman–Crippen LogP) is 2.60. The first kappa shape index (κ1) is 21.6. The molecule has 9 nitrogen and oxygen atoms in total. The number of aryl methyl sites for hydroxylation is 1. The first-order chi connectivity index (χ1) is 15.9. The second-order valence-electron chi connectivity index (χ2n) is 7.31. The summed E-state index contributed by atoms with van der Waals surface area (Å²) in [7, 11) is 1.60. The molecule has 3 N–H and O–H groups in total. The largest absolute Gasteiger partial charge is 0.472 e. The molecule has 166 valence electrons. The molecule has 1 aliphatic rings. The Hall–Kier alpha value is -4.58. The van der Waals surface area contributed by atoms with Crippen LogP contribution in [0.25, 0.3) is 11.1 Å². The van der Waals surface area contributed by atoms with E-state index in [9.17, 15) is 14.4 Å². The van der Waals surface area contributed by atoms with E-state index in [0.29, 0.717) is 0 Å². The highest BCUT2D eigenvalue weighted by molar-refractivity contribution is 6.01. The number of carboxylic acids is 1. The number of aromatic nitrogens is 2. The van der Waals surface area contributed by atoms with Crippen LogP contribution in [0.1, 0.15) is 27.5 Å². The van der Waals surface area contributed by atoms with Crippen LogP contribution in [0.15, 0.2) is 54.7 Å². The molecule has 3 aromatic rings. The van der Waals surface area contributed by atoms with Gasteiger partial charge in [-0.1, -0.05) is 54.5 Å². The molecule has 33 heavy (non-hydrogen) atoms. The van der Waals surface area contributed by atoms with Gasteiger partial charge in [-0.25, -0.2) is 9.59 Å². The standard InChI is InChI=1S/C24H20N4O5/c1-28-13-20(22(27-28)23(31)25-12-6-11-21(29)30)26-24(32)33-14-19-17-9-4-2-7-15(17)16-8-3-5-10-18(16)19/h2-5,7-10,13,19H,12,14H2,1H3,(H,25,31)(H,26,32)(H,29,30). The van der Waals surface area contributed by atoms with Gasteiger partial charge in [0.2, 0.25) is 0 Å². The fourth-order valence-electron chi connectivity index (χ4n) is 3.82. The topological polar surface area (TPSA) is 123 Å². The van der Waals surface area contributed by atoms with E-state index < -0.39 is 18.0 Å². The van der Waals surface area contributed by atoms with E-state index in [1.165, 1.54) is 10.9 Å². The smallest absolute Gasteiger partial charge is 0.411 e. The number of rotatable bonds is 5. The molecule has 0 fully saturated rings. The fraction of sp³-hybridized carbons (Fsp3) is 0.167. The number of aliphatic carboxylic acids is 1. The molecule has 0 saturated heterocycles. The normalized spacial score (nSPS) is 11.5. The lowest BCUT2D eigenvalue weighted by Crippen LogP contribution is -2.26. The summed E-state index contributed by atoms with van der Waals surface area (Å²) in [5, 5.41) is 17.6. The van der Waals surface area contributed by atoms with Crippen LogP contribution in [-0.2, 0) is 16.6 Å². The molecule has 1 aliphatic carbocycles. The van der Waals surface area contributed by atoms with E-state index >= 15 is 0 Å². The van der Waals surface area contributed by atoms with E-state index in [4.69, 9.17) is 9.84 Å². The van der Waals surface area contributed by atoms with Crippen molar-refractivity contribution in [2.75, 3.05) is 18.5 Å². The van der Waals surface area contributed by atoms with Gasteiger partial charge in [-0.05, 0) is 22.3 Å². The van der Waals surface area contributed by atoms with E-state index in [1.807, 2.05) is 42.3 Å². The molecular weight excluding hydrogens is 424 g/mol. The summed E-state index contributed by atoms with van der Waals surface area (Å²) in [6.07, 6.45) is 0.754. The first-order valence-electron chi connectivity index (χ1n) is 10.1. The number of hydrogen-bond donors (Lipinski definition) is 3. The Kier molecular flexibility index (Phi) is 6.09. The number of fused-ring (bicyclic) bond motifs is 3. The Morgan fingerprint density at radius 1 is 1.09 bits per heavy atom. The number of anilines is 1. The summed E-state index contributed by atoms with van der Waals surface area (Å²) >= 11 is 0. The van der Waals surface area contributed by atoms with Crippen molar-refractivity contribution in [2.45, 2.75) is 5.92 Å². The van der Waals surface area contributed by atoms with Crippen molar-refractivity contribution in [3.05, 3.63) is 71.5 Å². The molecule has 9 heteroatoms. The lowest BCUT2D eigenvalue weighted by atomic mass is 9.98. The van der Waals surface area contributed by atoms with E-state index in [0.717, 1.165) is 22.3 Å². The van der Waals surface area contributed by atoms with E-state index in [1.54, 1.807) is 7.05 Å². The van der Waals surface area contributed by atoms with E-state index in [2.05, 4.69) is 33.8 Å². The van der Waals surface area contributed by atoms with Crippen molar-refractivity contribution in [1.29, 1.82) is 0 Å². The number of carbonyl (C=O) groups is 3. The summed E-state index contributed by atoms with van der Waals surface area (Å²) in [5.74, 6) is 2.20. The van der Waals surface area contributed by atoms with Gasteiger partial charge in [-0.15, -0.1) is 0 Å². The molecular formula is C24H20N4O5. The van der Waals surface area contributed by atoms with Crippen LogP contribution in [0.3, 0.4) is 0 Å². The van der Waals surface area contributed by atoms with Gasteiger partial charge in [0.25, 0.3) is 5.91 Å². The first-order valence-corrected chi connectivity index (χ1v) is 10.1. The number of benzene rings is 2. The number of nitrogens with zero attached hydrogens (tertiary/aromatic N) is 2. The number of hydrogen-bond acceptors (Lipinski definition) is 5. The number of ether oxygens (including phenoxy) is 1. The SMILES string of the molecule is Cn1cc(NC(=O)OCC2c3ccccc3-c3ccccc32)c(C(=O)NCC#CC(=O)O)n1. The van der Waals surface area contributed by atoms with Gasteiger partial charge in [0.1, 0.15) is 6.61 Å². The Balaban J connectivity index is 1.42. The van der Waals surface area contributed by atoms with Gasteiger partial charge in [-0.3, -0.25) is 14.8 Å². The minimum absolute atomic E-state index is 0.0388. The molecule has 0 aliphatic heterocycles. The molecule has 0 spiro atoms. The minimum atomic E-state index is -1.29. The van der Waals surface area contributed by atoms with Crippen LogP contribution in [-0.4, -0.2) is 46.0 Å². The molecule has 1 heterocycles. The van der Waals surface area contributed by atoms with Gasteiger partial charge >= 0.3 is 12.1 Å². The molecule has 2 aromatic carbocycles. The monoisotopic (exact) mass is 444 g/mol. The zero-order valence-electron chi connectivity index (χ0n) is 17.7. The van der Waals surface area contributed by atoms with Crippen molar-refractivity contribution in [2.24, 2.45) is 7.05 Å². The zero-order chi connectivity index (χ0) is 23.4. The third-order valence-corrected chi connectivity index (χ3v) is 5.16. The number of carbonyl (C=O) groups excluding carboxylic acids is 2. The maximum atomic E-state index is 12.5. The van der Waals surface area contributed by atoms with Crippen LogP contribution in [0, 0.1) is 11.8 Å².